The number of nitrogens with two attached hydrogens (primary N) is 1. The van der Waals surface area contributed by atoms with Crippen LogP contribution in [0.2, 0.25) is 0 Å². The average Bonchev–Trinajstić information content (AvgIpc) is 2.85. The molecule has 0 fully saturated rings. The summed E-state index contributed by atoms with van der Waals surface area (Å²) in [5, 5.41) is 0. The summed E-state index contributed by atoms with van der Waals surface area (Å²) >= 11 is 0. The summed E-state index contributed by atoms with van der Waals surface area (Å²) in [6.45, 7) is 5.70. The van der Waals surface area contributed by atoms with Crippen LogP contribution in [0.3, 0.4) is 0 Å². The van der Waals surface area contributed by atoms with Crippen molar-refractivity contribution in [2.45, 2.75) is 33.6 Å². The van der Waals surface area contributed by atoms with Crippen molar-refractivity contribution in [1.29, 1.82) is 0 Å². The van der Waals surface area contributed by atoms with Crippen LogP contribution in [0, 0.1) is 5.41 Å². The third kappa shape index (κ3) is 5.69. The van der Waals surface area contributed by atoms with E-state index in [0.717, 1.165) is 17.7 Å². The molecule has 4 nitrogen and oxygen atoms in total. The van der Waals surface area contributed by atoms with E-state index in [1.54, 1.807) is 6.26 Å². The predicted molar refractivity (Wildman–Crippen MR) is 79.8 cm³/mol. The first-order valence-electron chi connectivity index (χ1n) is 6.58. The van der Waals surface area contributed by atoms with Gasteiger partial charge in [-0.1, -0.05) is 49.8 Å². The summed E-state index contributed by atoms with van der Waals surface area (Å²) in [4.78, 5) is 15.3. The Morgan fingerprint density at radius 1 is 1.40 bits per heavy atom. The molecule has 2 N–H and O–H groups in total. The number of primary amides is 1. The highest BCUT2D eigenvalue weighted by molar-refractivity contribution is 5.80. The number of carbonyl (C=O) groups is 1. The summed E-state index contributed by atoms with van der Waals surface area (Å²) in [5.74, 6) is -0.276. The molecule has 0 unspecified atom stereocenters. The normalized spacial score (nSPS) is 13.4. The molecule has 0 aliphatic rings. The van der Waals surface area contributed by atoms with Crippen molar-refractivity contribution in [3.63, 3.8) is 0 Å². The van der Waals surface area contributed by atoms with Gasteiger partial charge in [0.2, 0.25) is 5.91 Å². The summed E-state index contributed by atoms with van der Waals surface area (Å²) in [5.41, 5.74) is 6.87. The van der Waals surface area contributed by atoms with E-state index in [4.69, 9.17) is 10.2 Å². The molecule has 0 bridgehead atoms. The van der Waals surface area contributed by atoms with Crippen molar-refractivity contribution in [3.8, 4) is 0 Å². The van der Waals surface area contributed by atoms with Gasteiger partial charge in [0.25, 0.3) is 0 Å². The highest BCUT2D eigenvalue weighted by Gasteiger charge is 2.24. The van der Waals surface area contributed by atoms with Gasteiger partial charge in [-0.25, -0.2) is 4.98 Å². The SMILES string of the molecule is C/C(=C/C=C\C=C\Cc1cocn1)CC(C)(C)C(N)=O. The van der Waals surface area contributed by atoms with E-state index in [9.17, 15) is 4.79 Å². The maximum atomic E-state index is 11.2. The van der Waals surface area contributed by atoms with Gasteiger partial charge in [0.15, 0.2) is 6.39 Å². The molecule has 1 amide bonds. The zero-order valence-corrected chi connectivity index (χ0v) is 12.3. The van der Waals surface area contributed by atoms with Gasteiger partial charge in [0.1, 0.15) is 6.26 Å². The maximum absolute atomic E-state index is 11.2. The third-order valence-electron chi connectivity index (χ3n) is 2.94. The molecule has 20 heavy (non-hydrogen) atoms. The average molecular weight is 274 g/mol. The van der Waals surface area contributed by atoms with E-state index >= 15 is 0 Å². The minimum atomic E-state index is -0.503. The number of oxazole rings is 1. The molecule has 0 radical (unpaired) electrons. The lowest BCUT2D eigenvalue weighted by Crippen LogP contribution is -2.31. The monoisotopic (exact) mass is 274 g/mol. The fraction of sp³-hybridized carbons (Fsp3) is 0.375. The first-order chi connectivity index (χ1) is 9.42. The predicted octanol–water partition coefficient (Wildman–Crippen LogP) is 3.18. The summed E-state index contributed by atoms with van der Waals surface area (Å²) < 4.78 is 4.88. The fourth-order valence-corrected chi connectivity index (χ4v) is 1.73. The largest absolute Gasteiger partial charge is 0.451 e. The van der Waals surface area contributed by atoms with Crippen LogP contribution >= 0.6 is 0 Å². The molecule has 0 saturated heterocycles. The second kappa shape index (κ2) is 7.48. The molecule has 1 heterocycles. The molecule has 0 aliphatic heterocycles. The van der Waals surface area contributed by atoms with E-state index in [1.165, 1.54) is 6.39 Å². The molecule has 0 aromatic carbocycles. The van der Waals surface area contributed by atoms with Crippen LogP contribution in [0.25, 0.3) is 0 Å². The third-order valence-corrected chi connectivity index (χ3v) is 2.94. The molecule has 1 aromatic heterocycles. The Labute approximate surface area is 120 Å². The molecule has 4 heteroatoms. The van der Waals surface area contributed by atoms with Crippen LogP contribution in [-0.4, -0.2) is 10.9 Å². The van der Waals surface area contributed by atoms with Crippen molar-refractivity contribution < 1.29 is 9.21 Å². The number of aromatic nitrogens is 1. The lowest BCUT2D eigenvalue weighted by Gasteiger charge is -2.20. The zero-order chi connectivity index (χ0) is 15.0. The molecule has 0 spiro atoms. The van der Waals surface area contributed by atoms with Gasteiger partial charge in [-0.05, 0) is 13.3 Å². The van der Waals surface area contributed by atoms with Gasteiger partial charge in [-0.3, -0.25) is 4.79 Å². The molecule has 0 aliphatic carbocycles. The lowest BCUT2D eigenvalue weighted by atomic mass is 9.85. The number of rotatable bonds is 7. The van der Waals surface area contributed by atoms with E-state index in [0.29, 0.717) is 6.42 Å². The Morgan fingerprint density at radius 2 is 2.15 bits per heavy atom. The molecule has 0 atom stereocenters. The van der Waals surface area contributed by atoms with Crippen molar-refractivity contribution >= 4 is 5.91 Å². The van der Waals surface area contributed by atoms with Gasteiger partial charge < -0.3 is 10.2 Å². The Hall–Kier alpha value is -2.10. The first-order valence-corrected chi connectivity index (χ1v) is 6.58. The second-order valence-corrected chi connectivity index (χ2v) is 5.43. The number of carbonyl (C=O) groups excluding carboxylic acids is 1. The van der Waals surface area contributed by atoms with Gasteiger partial charge in [-0.15, -0.1) is 0 Å². The first kappa shape index (κ1) is 16.0. The molecule has 0 saturated carbocycles. The number of nitrogens with zero attached hydrogens (tertiary/aromatic N) is 1. The zero-order valence-electron chi connectivity index (χ0n) is 12.3. The molecular formula is C16H22N2O2. The van der Waals surface area contributed by atoms with Gasteiger partial charge in [0, 0.05) is 11.8 Å². The number of amides is 1. The van der Waals surface area contributed by atoms with Gasteiger partial charge in [0.05, 0.1) is 5.69 Å². The fourth-order valence-electron chi connectivity index (χ4n) is 1.73. The topological polar surface area (TPSA) is 69.1 Å². The second-order valence-electron chi connectivity index (χ2n) is 5.43. The van der Waals surface area contributed by atoms with Crippen molar-refractivity contribution in [2.75, 3.05) is 0 Å². The van der Waals surface area contributed by atoms with Crippen molar-refractivity contribution in [1.82, 2.24) is 4.98 Å². The van der Waals surface area contributed by atoms with Crippen LogP contribution in [0.15, 0.2) is 53.0 Å². The molecular weight excluding hydrogens is 252 g/mol. The smallest absolute Gasteiger partial charge is 0.223 e. The minimum absolute atomic E-state index is 0.276. The Kier molecular flexibility index (Phi) is 5.97. The van der Waals surface area contributed by atoms with Crippen LogP contribution in [0.1, 0.15) is 32.9 Å². The van der Waals surface area contributed by atoms with Crippen LogP contribution < -0.4 is 5.73 Å². The minimum Gasteiger partial charge on any atom is -0.451 e. The summed E-state index contributed by atoms with van der Waals surface area (Å²) in [6, 6.07) is 0. The number of hydrogen-bond acceptors (Lipinski definition) is 3. The number of hydrogen-bond donors (Lipinski definition) is 1. The lowest BCUT2D eigenvalue weighted by molar-refractivity contribution is -0.125. The molecule has 108 valence electrons. The van der Waals surface area contributed by atoms with E-state index < -0.39 is 5.41 Å². The van der Waals surface area contributed by atoms with Gasteiger partial charge >= 0.3 is 0 Å². The van der Waals surface area contributed by atoms with E-state index in [2.05, 4.69) is 4.98 Å². The van der Waals surface area contributed by atoms with E-state index in [-0.39, 0.29) is 5.91 Å². The van der Waals surface area contributed by atoms with Crippen molar-refractivity contribution in [2.24, 2.45) is 11.1 Å². The number of allylic oxidation sites excluding steroid dienone is 6. The van der Waals surface area contributed by atoms with Crippen LogP contribution in [0.5, 0.6) is 0 Å². The Bertz CT molecular complexity index is 509. The Morgan fingerprint density at radius 3 is 2.75 bits per heavy atom. The van der Waals surface area contributed by atoms with E-state index in [1.807, 2.05) is 51.2 Å². The van der Waals surface area contributed by atoms with Gasteiger partial charge in [-0.2, -0.15) is 0 Å². The highest BCUT2D eigenvalue weighted by Crippen LogP contribution is 2.24. The molecule has 1 rings (SSSR count). The quantitative estimate of drug-likeness (QED) is 0.776. The summed E-state index contributed by atoms with van der Waals surface area (Å²) in [6.07, 6.45) is 14.3. The Balaban J connectivity index is 2.40. The highest BCUT2D eigenvalue weighted by atomic mass is 16.3. The van der Waals surface area contributed by atoms with Crippen molar-refractivity contribution in [3.05, 3.63) is 54.3 Å². The van der Waals surface area contributed by atoms with Crippen LogP contribution in [-0.2, 0) is 11.2 Å². The van der Waals surface area contributed by atoms with Crippen LogP contribution in [0.4, 0.5) is 0 Å². The standard InChI is InChI=1S/C16H22N2O2/c1-13(10-16(2,3)15(17)19)8-6-4-5-7-9-14-11-20-12-18-14/h4-8,11-12H,9-10H2,1-3H3,(H2,17,19)/b6-4-,7-5+,13-8-. The maximum Gasteiger partial charge on any atom is 0.223 e. The summed E-state index contributed by atoms with van der Waals surface area (Å²) in [7, 11) is 0. The molecule has 1 aromatic rings.